The van der Waals surface area contributed by atoms with Gasteiger partial charge >= 0.3 is 0 Å². The fourth-order valence-corrected chi connectivity index (χ4v) is 2.52. The number of fused-ring (bicyclic) bond motifs is 1. The van der Waals surface area contributed by atoms with Gasteiger partial charge < -0.3 is 9.84 Å². The Kier molecular flexibility index (Phi) is 3.82. The van der Waals surface area contributed by atoms with Crippen molar-refractivity contribution in [3.05, 3.63) is 64.6 Å². The monoisotopic (exact) mass is 302 g/mol. The van der Waals surface area contributed by atoms with Gasteiger partial charge in [0.2, 0.25) is 0 Å². The van der Waals surface area contributed by atoms with Crippen LogP contribution in [-0.4, -0.2) is 21.6 Å². The third kappa shape index (κ3) is 2.73. The number of halogens is 1. The summed E-state index contributed by atoms with van der Waals surface area (Å²) in [7, 11) is 1.64. The number of imidazole rings is 1. The van der Waals surface area contributed by atoms with Gasteiger partial charge in [-0.1, -0.05) is 23.7 Å². The zero-order valence-corrected chi connectivity index (χ0v) is 12.3. The van der Waals surface area contributed by atoms with Crippen molar-refractivity contribution in [3.63, 3.8) is 0 Å². The minimum absolute atomic E-state index is 0.0764. The lowest BCUT2D eigenvalue weighted by molar-refractivity contribution is 0.274. The second-order valence-corrected chi connectivity index (χ2v) is 5.20. The highest BCUT2D eigenvalue weighted by atomic mass is 35.5. The Morgan fingerprint density at radius 2 is 1.95 bits per heavy atom. The number of ether oxygens (including phenoxy) is 1. The van der Waals surface area contributed by atoms with E-state index in [1.807, 2.05) is 34.7 Å². The van der Waals surface area contributed by atoms with Gasteiger partial charge in [0, 0.05) is 12.6 Å². The van der Waals surface area contributed by atoms with E-state index in [2.05, 4.69) is 4.98 Å². The topological polar surface area (TPSA) is 46.8 Å². The zero-order valence-electron chi connectivity index (χ0n) is 11.6. The van der Waals surface area contributed by atoms with Gasteiger partial charge in [-0.3, -0.25) is 4.40 Å². The van der Waals surface area contributed by atoms with Crippen LogP contribution >= 0.6 is 11.6 Å². The van der Waals surface area contributed by atoms with Crippen LogP contribution in [0.4, 0.5) is 0 Å². The molecule has 0 aliphatic heterocycles. The van der Waals surface area contributed by atoms with Crippen molar-refractivity contribution in [1.29, 1.82) is 0 Å². The summed E-state index contributed by atoms with van der Waals surface area (Å²) in [5, 5.41) is 10.2. The predicted molar refractivity (Wildman–Crippen MR) is 81.9 cm³/mol. The standard InChI is InChI=1S/C16H15ClN2O2/c1-21-13-5-2-11(3-6-13)8-14-15(10-20)19-9-12(17)4-7-16(19)18-14/h2-7,9,20H,8,10H2,1H3. The van der Waals surface area contributed by atoms with Gasteiger partial charge in [-0.2, -0.15) is 0 Å². The average Bonchev–Trinajstić information content (AvgIpc) is 2.84. The Bertz CT molecular complexity index is 766. The van der Waals surface area contributed by atoms with E-state index in [-0.39, 0.29) is 6.61 Å². The Labute approximate surface area is 127 Å². The van der Waals surface area contributed by atoms with Gasteiger partial charge in [0.05, 0.1) is 30.1 Å². The largest absolute Gasteiger partial charge is 0.497 e. The molecule has 0 amide bonds. The molecule has 0 unspecified atom stereocenters. The number of hydrogen-bond acceptors (Lipinski definition) is 3. The summed E-state index contributed by atoms with van der Waals surface area (Å²) in [5.41, 5.74) is 3.51. The molecule has 0 aliphatic rings. The molecule has 0 spiro atoms. The molecule has 4 nitrogen and oxygen atoms in total. The Balaban J connectivity index is 1.99. The number of hydrogen-bond donors (Lipinski definition) is 1. The van der Waals surface area contributed by atoms with Gasteiger partial charge in [0.1, 0.15) is 11.4 Å². The molecule has 3 aromatic rings. The zero-order chi connectivity index (χ0) is 14.8. The van der Waals surface area contributed by atoms with Crippen LogP contribution in [0, 0.1) is 0 Å². The van der Waals surface area contributed by atoms with E-state index in [4.69, 9.17) is 16.3 Å². The van der Waals surface area contributed by atoms with E-state index in [0.717, 1.165) is 28.3 Å². The van der Waals surface area contributed by atoms with Crippen molar-refractivity contribution >= 4 is 17.2 Å². The molecule has 0 bridgehead atoms. The summed E-state index contributed by atoms with van der Waals surface area (Å²) in [6, 6.07) is 11.5. The van der Waals surface area contributed by atoms with Crippen LogP contribution in [0.5, 0.6) is 5.75 Å². The second-order valence-electron chi connectivity index (χ2n) is 4.76. The minimum Gasteiger partial charge on any atom is -0.497 e. The van der Waals surface area contributed by atoms with Crippen molar-refractivity contribution < 1.29 is 9.84 Å². The number of methoxy groups -OCH3 is 1. The van der Waals surface area contributed by atoms with Crippen LogP contribution in [0.1, 0.15) is 17.0 Å². The Hall–Kier alpha value is -2.04. The van der Waals surface area contributed by atoms with Crippen LogP contribution in [0.3, 0.4) is 0 Å². The summed E-state index contributed by atoms with van der Waals surface area (Å²) in [5.74, 6) is 0.822. The number of benzene rings is 1. The maximum Gasteiger partial charge on any atom is 0.137 e. The minimum atomic E-state index is -0.0764. The van der Waals surface area contributed by atoms with Gasteiger partial charge in [0.25, 0.3) is 0 Å². The average molecular weight is 303 g/mol. The first-order chi connectivity index (χ1) is 10.2. The first-order valence-corrected chi connectivity index (χ1v) is 6.98. The highest BCUT2D eigenvalue weighted by molar-refractivity contribution is 6.30. The van der Waals surface area contributed by atoms with Crippen molar-refractivity contribution in [2.75, 3.05) is 7.11 Å². The maximum absolute atomic E-state index is 9.63. The molecule has 5 heteroatoms. The molecule has 1 N–H and O–H groups in total. The molecule has 2 aromatic heterocycles. The summed E-state index contributed by atoms with van der Waals surface area (Å²) >= 11 is 6.01. The van der Waals surface area contributed by atoms with Crippen molar-refractivity contribution in [1.82, 2.24) is 9.38 Å². The molecule has 3 rings (SSSR count). The molecule has 108 valence electrons. The summed E-state index contributed by atoms with van der Waals surface area (Å²) in [6.45, 7) is -0.0764. The van der Waals surface area contributed by atoms with Crippen molar-refractivity contribution in [2.24, 2.45) is 0 Å². The molecule has 0 saturated heterocycles. The van der Waals surface area contributed by atoms with Gasteiger partial charge in [0.15, 0.2) is 0 Å². The summed E-state index contributed by atoms with van der Waals surface area (Å²) < 4.78 is 6.99. The number of aliphatic hydroxyl groups is 1. The summed E-state index contributed by atoms with van der Waals surface area (Å²) in [4.78, 5) is 4.58. The van der Waals surface area contributed by atoms with E-state index in [9.17, 15) is 5.11 Å². The fourth-order valence-electron chi connectivity index (χ4n) is 2.36. The van der Waals surface area contributed by atoms with Crippen molar-refractivity contribution in [2.45, 2.75) is 13.0 Å². The molecular weight excluding hydrogens is 288 g/mol. The van der Waals surface area contributed by atoms with E-state index in [1.54, 1.807) is 19.4 Å². The second kappa shape index (κ2) is 5.76. The molecule has 1 aromatic carbocycles. The molecule has 0 atom stereocenters. The van der Waals surface area contributed by atoms with Gasteiger partial charge in [-0.25, -0.2) is 4.98 Å². The normalized spacial score (nSPS) is 11.0. The lowest BCUT2D eigenvalue weighted by Crippen LogP contribution is -1.98. The van der Waals surface area contributed by atoms with Crippen LogP contribution in [-0.2, 0) is 13.0 Å². The summed E-state index contributed by atoms with van der Waals surface area (Å²) in [6.07, 6.45) is 2.42. The lowest BCUT2D eigenvalue weighted by atomic mass is 10.1. The SMILES string of the molecule is COc1ccc(Cc2nc3ccc(Cl)cn3c2CO)cc1. The first kappa shape index (κ1) is 13.9. The van der Waals surface area contributed by atoms with Gasteiger partial charge in [-0.15, -0.1) is 0 Å². The smallest absolute Gasteiger partial charge is 0.137 e. The number of aliphatic hydroxyl groups excluding tert-OH is 1. The van der Waals surface area contributed by atoms with E-state index >= 15 is 0 Å². The van der Waals surface area contributed by atoms with E-state index in [1.165, 1.54) is 0 Å². The molecule has 2 heterocycles. The molecule has 21 heavy (non-hydrogen) atoms. The van der Waals surface area contributed by atoms with E-state index in [0.29, 0.717) is 11.4 Å². The van der Waals surface area contributed by atoms with E-state index < -0.39 is 0 Å². The highest BCUT2D eigenvalue weighted by Gasteiger charge is 2.12. The highest BCUT2D eigenvalue weighted by Crippen LogP contribution is 2.20. The number of aromatic nitrogens is 2. The first-order valence-electron chi connectivity index (χ1n) is 6.60. The van der Waals surface area contributed by atoms with Crippen LogP contribution < -0.4 is 4.74 Å². The maximum atomic E-state index is 9.63. The third-order valence-electron chi connectivity index (χ3n) is 3.44. The molecule has 0 saturated carbocycles. The van der Waals surface area contributed by atoms with Crippen LogP contribution in [0.25, 0.3) is 5.65 Å². The Morgan fingerprint density at radius 3 is 2.62 bits per heavy atom. The van der Waals surface area contributed by atoms with Crippen molar-refractivity contribution in [3.8, 4) is 5.75 Å². The molecule has 0 radical (unpaired) electrons. The molecule has 0 fully saturated rings. The number of pyridine rings is 1. The molecule has 0 aliphatic carbocycles. The quantitative estimate of drug-likeness (QED) is 0.805. The molecular formula is C16H15ClN2O2. The number of nitrogens with zero attached hydrogens (tertiary/aromatic N) is 2. The third-order valence-corrected chi connectivity index (χ3v) is 3.67. The lowest BCUT2D eigenvalue weighted by Gasteiger charge is -2.04. The fraction of sp³-hybridized carbons (Fsp3) is 0.188. The number of rotatable bonds is 4. The predicted octanol–water partition coefficient (Wildman–Crippen LogP) is 3.08. The van der Waals surface area contributed by atoms with Crippen LogP contribution in [0.15, 0.2) is 42.6 Å². The van der Waals surface area contributed by atoms with Gasteiger partial charge in [-0.05, 0) is 29.8 Å². The van der Waals surface area contributed by atoms with Crippen LogP contribution in [0.2, 0.25) is 5.02 Å². The Morgan fingerprint density at radius 1 is 1.19 bits per heavy atom.